The molecule has 4 rings (SSSR count). The van der Waals surface area contributed by atoms with E-state index in [-0.39, 0.29) is 5.91 Å². The largest absolute Gasteiger partial charge is 0.497 e. The van der Waals surface area contributed by atoms with Gasteiger partial charge in [-0.2, -0.15) is 5.10 Å². The zero-order valence-electron chi connectivity index (χ0n) is 14.5. The van der Waals surface area contributed by atoms with Crippen LogP contribution < -0.4 is 10.2 Å². The van der Waals surface area contributed by atoms with Gasteiger partial charge in [-0.25, -0.2) is 5.43 Å². The molecule has 0 atom stereocenters. The number of methoxy groups -OCH3 is 1. The topological polar surface area (TPSA) is 63.6 Å². The Morgan fingerprint density at radius 1 is 1.19 bits per heavy atom. The molecule has 0 radical (unpaired) electrons. The maximum Gasteiger partial charge on any atom is 0.272 e. The minimum Gasteiger partial charge on any atom is -0.497 e. The number of rotatable bonds is 5. The number of pyridine rings is 1. The van der Waals surface area contributed by atoms with Crippen molar-refractivity contribution in [3.8, 4) is 5.75 Å². The first-order valence-corrected chi connectivity index (χ1v) is 8.62. The van der Waals surface area contributed by atoms with E-state index in [1.165, 1.54) is 0 Å². The number of hydrazone groups is 1. The summed E-state index contributed by atoms with van der Waals surface area (Å²) in [6.45, 7) is 0. The van der Waals surface area contributed by atoms with Crippen molar-refractivity contribution >= 4 is 23.0 Å². The smallest absolute Gasteiger partial charge is 0.272 e. The van der Waals surface area contributed by atoms with Crippen molar-refractivity contribution < 1.29 is 9.53 Å². The Kier molecular flexibility index (Phi) is 4.35. The average Bonchev–Trinajstić information content (AvgIpc) is 3.52. The highest BCUT2D eigenvalue weighted by atomic mass is 16.5. The van der Waals surface area contributed by atoms with E-state index in [0.29, 0.717) is 11.5 Å². The molecule has 1 N–H and O–H groups in total. The van der Waals surface area contributed by atoms with Crippen LogP contribution in [0.2, 0.25) is 0 Å². The third-order valence-corrected chi connectivity index (χ3v) is 4.45. The first kappa shape index (κ1) is 16.3. The second-order valence-corrected chi connectivity index (χ2v) is 6.36. The fourth-order valence-electron chi connectivity index (χ4n) is 2.92. The fourth-order valence-corrected chi connectivity index (χ4v) is 2.92. The molecule has 1 aliphatic rings. The molecule has 5 nitrogen and oxygen atoms in total. The van der Waals surface area contributed by atoms with E-state index in [2.05, 4.69) is 10.5 Å². The predicted molar refractivity (Wildman–Crippen MR) is 102 cm³/mol. The van der Waals surface area contributed by atoms with Crippen molar-refractivity contribution in [2.75, 3.05) is 7.11 Å². The van der Waals surface area contributed by atoms with E-state index in [0.717, 1.165) is 40.8 Å². The minimum absolute atomic E-state index is 0.232. The number of ether oxygens (including phenoxy) is 1. The van der Waals surface area contributed by atoms with E-state index in [1.807, 2.05) is 54.6 Å². The molecule has 130 valence electrons. The molecule has 1 heterocycles. The van der Waals surface area contributed by atoms with Crippen molar-refractivity contribution in [2.24, 2.45) is 5.10 Å². The second kappa shape index (κ2) is 6.96. The summed E-state index contributed by atoms with van der Waals surface area (Å²) in [6, 6.07) is 17.1. The van der Waals surface area contributed by atoms with Crippen molar-refractivity contribution in [1.29, 1.82) is 0 Å². The van der Waals surface area contributed by atoms with Crippen LogP contribution >= 0.6 is 0 Å². The van der Waals surface area contributed by atoms with E-state index in [9.17, 15) is 4.79 Å². The van der Waals surface area contributed by atoms with Gasteiger partial charge in [0.15, 0.2) is 0 Å². The van der Waals surface area contributed by atoms with Crippen LogP contribution in [-0.4, -0.2) is 24.2 Å². The molecule has 0 unspecified atom stereocenters. The summed E-state index contributed by atoms with van der Waals surface area (Å²) in [4.78, 5) is 17.4. The Balaban J connectivity index is 1.58. The summed E-state index contributed by atoms with van der Waals surface area (Å²) in [7, 11) is 1.62. The van der Waals surface area contributed by atoms with Crippen LogP contribution in [0, 0.1) is 0 Å². The minimum atomic E-state index is -0.232. The average molecular weight is 345 g/mol. The molecule has 1 fully saturated rings. The molecule has 1 amide bonds. The van der Waals surface area contributed by atoms with E-state index in [1.54, 1.807) is 13.3 Å². The number of nitrogens with one attached hydrogen (secondary N) is 1. The summed E-state index contributed by atoms with van der Waals surface area (Å²) in [5.41, 5.74) is 5.92. The van der Waals surface area contributed by atoms with Crippen LogP contribution in [0.4, 0.5) is 0 Å². The summed E-state index contributed by atoms with van der Waals surface area (Å²) in [5, 5.41) is 4.93. The number of carbonyl (C=O) groups is 1. The van der Waals surface area contributed by atoms with Gasteiger partial charge in [0.25, 0.3) is 5.91 Å². The lowest BCUT2D eigenvalue weighted by Gasteiger charge is -2.08. The van der Waals surface area contributed by atoms with Gasteiger partial charge in [-0.1, -0.05) is 30.3 Å². The molecule has 0 spiro atoms. The second-order valence-electron chi connectivity index (χ2n) is 6.36. The normalized spacial score (nSPS) is 13.9. The molecule has 1 saturated carbocycles. The lowest BCUT2D eigenvalue weighted by atomic mass is 10.1. The summed E-state index contributed by atoms with van der Waals surface area (Å²) >= 11 is 0. The van der Waals surface area contributed by atoms with Gasteiger partial charge < -0.3 is 4.74 Å². The highest BCUT2D eigenvalue weighted by Crippen LogP contribution is 2.40. The van der Waals surface area contributed by atoms with Crippen LogP contribution in [0.3, 0.4) is 0 Å². The molecule has 3 aromatic rings. The monoisotopic (exact) mass is 345 g/mol. The van der Waals surface area contributed by atoms with Gasteiger partial charge in [0.2, 0.25) is 0 Å². The molecular weight excluding hydrogens is 326 g/mol. The van der Waals surface area contributed by atoms with Gasteiger partial charge in [0.05, 0.1) is 24.4 Å². The maximum atomic E-state index is 12.7. The number of hydrogen-bond acceptors (Lipinski definition) is 4. The van der Waals surface area contributed by atoms with Crippen LogP contribution in [0.15, 0.2) is 59.7 Å². The SMILES string of the molecule is COc1cccc(C=NNC(=O)c2cc(C3CC3)nc3ccccc23)c1. The van der Waals surface area contributed by atoms with E-state index in [4.69, 9.17) is 9.72 Å². The number of para-hydroxylation sites is 1. The fraction of sp³-hybridized carbons (Fsp3) is 0.190. The molecule has 2 aromatic carbocycles. The standard InChI is InChI=1S/C21H19N3O2/c1-26-16-6-4-5-14(11-16)13-22-24-21(25)18-12-20(15-9-10-15)23-19-8-3-2-7-17(18)19/h2-8,11-13,15H,9-10H2,1H3,(H,24,25). The number of amides is 1. The number of hydrogen-bond donors (Lipinski definition) is 1. The number of carbonyl (C=O) groups excluding carboxylic acids is 1. The van der Waals surface area contributed by atoms with Crippen molar-refractivity contribution in [2.45, 2.75) is 18.8 Å². The number of benzene rings is 2. The zero-order chi connectivity index (χ0) is 17.9. The molecule has 0 bridgehead atoms. The number of nitrogens with zero attached hydrogens (tertiary/aromatic N) is 2. The summed E-state index contributed by atoms with van der Waals surface area (Å²) < 4.78 is 5.19. The Hall–Kier alpha value is -3.21. The maximum absolute atomic E-state index is 12.7. The van der Waals surface area contributed by atoms with Gasteiger partial charge in [-0.05, 0) is 42.7 Å². The molecule has 0 aliphatic heterocycles. The lowest BCUT2D eigenvalue weighted by Crippen LogP contribution is -2.18. The quantitative estimate of drug-likeness (QED) is 0.564. The van der Waals surface area contributed by atoms with Crippen molar-refractivity contribution in [1.82, 2.24) is 10.4 Å². The zero-order valence-corrected chi connectivity index (χ0v) is 14.5. The van der Waals surface area contributed by atoms with Crippen LogP contribution in [0.25, 0.3) is 10.9 Å². The summed E-state index contributed by atoms with van der Waals surface area (Å²) in [6.07, 6.45) is 3.88. The molecule has 26 heavy (non-hydrogen) atoms. The predicted octanol–water partition coefficient (Wildman–Crippen LogP) is 3.88. The Bertz CT molecular complexity index is 993. The number of aromatic nitrogens is 1. The third kappa shape index (κ3) is 3.42. The Labute approximate surface area is 151 Å². The molecule has 5 heteroatoms. The summed E-state index contributed by atoms with van der Waals surface area (Å²) in [5.74, 6) is 0.991. The first-order chi connectivity index (χ1) is 12.7. The molecule has 0 saturated heterocycles. The molecule has 1 aliphatic carbocycles. The van der Waals surface area contributed by atoms with Crippen molar-refractivity contribution in [3.05, 3.63) is 71.4 Å². The van der Waals surface area contributed by atoms with Gasteiger partial charge in [-0.15, -0.1) is 0 Å². The Morgan fingerprint density at radius 3 is 2.85 bits per heavy atom. The van der Waals surface area contributed by atoms with Gasteiger partial charge in [0.1, 0.15) is 5.75 Å². The Morgan fingerprint density at radius 2 is 2.04 bits per heavy atom. The highest BCUT2D eigenvalue weighted by molar-refractivity contribution is 6.06. The van der Waals surface area contributed by atoms with Crippen LogP contribution in [-0.2, 0) is 0 Å². The van der Waals surface area contributed by atoms with Crippen LogP contribution in [0.1, 0.15) is 40.4 Å². The molecule has 1 aromatic heterocycles. The number of fused-ring (bicyclic) bond motifs is 1. The highest BCUT2D eigenvalue weighted by Gasteiger charge is 2.26. The third-order valence-electron chi connectivity index (χ3n) is 4.45. The first-order valence-electron chi connectivity index (χ1n) is 8.62. The lowest BCUT2D eigenvalue weighted by molar-refractivity contribution is 0.0956. The van der Waals surface area contributed by atoms with Crippen LogP contribution in [0.5, 0.6) is 5.75 Å². The van der Waals surface area contributed by atoms with E-state index < -0.39 is 0 Å². The van der Waals surface area contributed by atoms with Gasteiger partial charge in [0, 0.05) is 17.0 Å². The van der Waals surface area contributed by atoms with E-state index >= 15 is 0 Å². The molecular formula is C21H19N3O2. The van der Waals surface area contributed by atoms with Gasteiger partial charge >= 0.3 is 0 Å². The van der Waals surface area contributed by atoms with Gasteiger partial charge in [-0.3, -0.25) is 9.78 Å². The van der Waals surface area contributed by atoms with Crippen molar-refractivity contribution in [3.63, 3.8) is 0 Å².